The van der Waals surface area contributed by atoms with Crippen molar-refractivity contribution in [3.05, 3.63) is 0 Å². The number of carbonyl (C=O) groups is 1. The smallest absolute Gasteiger partial charge is 1.00 e. The van der Waals surface area contributed by atoms with Gasteiger partial charge in [-0.25, -0.2) is 0 Å². The van der Waals surface area contributed by atoms with E-state index in [-0.39, 0.29) is 32.8 Å². The van der Waals surface area contributed by atoms with Gasteiger partial charge in [0.2, 0.25) is 0 Å². The SMILES string of the molecule is CCC(O)CCCCC(=O)O.[H-].[Li+]. The van der Waals surface area contributed by atoms with Gasteiger partial charge in [0.1, 0.15) is 0 Å². The summed E-state index contributed by atoms with van der Waals surface area (Å²) in [7, 11) is 0. The summed E-state index contributed by atoms with van der Waals surface area (Å²) < 4.78 is 0. The molecular weight excluding hydrogens is 151 g/mol. The summed E-state index contributed by atoms with van der Waals surface area (Å²) in [6.07, 6.45) is 2.94. The van der Waals surface area contributed by atoms with Crippen LogP contribution in [-0.4, -0.2) is 22.3 Å². The van der Waals surface area contributed by atoms with E-state index in [0.717, 1.165) is 19.3 Å². The number of rotatable bonds is 6. The molecule has 0 saturated carbocycles. The maximum absolute atomic E-state index is 10.1. The first-order valence-corrected chi connectivity index (χ1v) is 4.06. The Balaban J connectivity index is -0.000000500. The van der Waals surface area contributed by atoms with E-state index in [4.69, 9.17) is 10.2 Å². The van der Waals surface area contributed by atoms with E-state index in [0.29, 0.717) is 6.42 Å². The zero-order valence-corrected chi connectivity index (χ0v) is 7.92. The average Bonchev–Trinajstić information content (AvgIpc) is 1.97. The van der Waals surface area contributed by atoms with Crippen LogP contribution in [0.25, 0.3) is 0 Å². The van der Waals surface area contributed by atoms with Crippen LogP contribution in [0.4, 0.5) is 0 Å². The van der Waals surface area contributed by atoms with E-state index in [9.17, 15) is 4.79 Å². The molecule has 0 aliphatic heterocycles. The molecule has 0 fully saturated rings. The van der Waals surface area contributed by atoms with Crippen molar-refractivity contribution in [2.45, 2.75) is 45.1 Å². The summed E-state index contributed by atoms with van der Waals surface area (Å²) in [6.45, 7) is 1.92. The summed E-state index contributed by atoms with van der Waals surface area (Å²) in [6, 6.07) is 0. The van der Waals surface area contributed by atoms with Gasteiger partial charge in [0.25, 0.3) is 0 Å². The zero-order valence-electron chi connectivity index (χ0n) is 8.92. The van der Waals surface area contributed by atoms with Crippen LogP contribution in [0.5, 0.6) is 0 Å². The summed E-state index contributed by atoms with van der Waals surface area (Å²) in [5.74, 6) is -0.754. The fourth-order valence-corrected chi connectivity index (χ4v) is 0.860. The van der Waals surface area contributed by atoms with E-state index in [1.165, 1.54) is 0 Å². The molecule has 0 spiro atoms. The molecule has 1 unspecified atom stereocenters. The van der Waals surface area contributed by atoms with Crippen LogP contribution < -0.4 is 18.9 Å². The van der Waals surface area contributed by atoms with E-state index in [1.807, 2.05) is 6.92 Å². The molecule has 0 aromatic heterocycles. The second-order valence-corrected chi connectivity index (χ2v) is 2.70. The molecule has 0 rings (SSSR count). The fourth-order valence-electron chi connectivity index (χ4n) is 0.860. The van der Waals surface area contributed by atoms with Crippen LogP contribution in [0.1, 0.15) is 40.5 Å². The Morgan fingerprint density at radius 1 is 1.50 bits per heavy atom. The van der Waals surface area contributed by atoms with Crippen molar-refractivity contribution in [2.75, 3.05) is 0 Å². The molecule has 0 aromatic carbocycles. The maximum Gasteiger partial charge on any atom is 1.00 e. The monoisotopic (exact) mass is 168 g/mol. The Bertz CT molecular complexity index is 122. The Morgan fingerprint density at radius 3 is 2.50 bits per heavy atom. The molecular formula is C8H17LiO3. The van der Waals surface area contributed by atoms with Crippen LogP contribution in [0.3, 0.4) is 0 Å². The Hall–Kier alpha value is 0.0274. The quantitative estimate of drug-likeness (QED) is 0.375. The molecule has 0 aliphatic carbocycles. The van der Waals surface area contributed by atoms with Gasteiger partial charge in [-0.2, -0.15) is 0 Å². The first-order chi connectivity index (χ1) is 5.16. The molecule has 12 heavy (non-hydrogen) atoms. The maximum atomic E-state index is 10.1. The second kappa shape index (κ2) is 9.12. The van der Waals surface area contributed by atoms with Gasteiger partial charge in [-0.05, 0) is 19.3 Å². The fraction of sp³-hybridized carbons (Fsp3) is 0.875. The largest absolute Gasteiger partial charge is 1.00 e. The molecule has 0 amide bonds. The Kier molecular flexibility index (Phi) is 11.1. The molecule has 3 nitrogen and oxygen atoms in total. The van der Waals surface area contributed by atoms with E-state index < -0.39 is 5.97 Å². The molecule has 0 saturated heterocycles. The van der Waals surface area contributed by atoms with Crippen LogP contribution in [0, 0.1) is 0 Å². The summed E-state index contributed by atoms with van der Waals surface area (Å²) >= 11 is 0. The van der Waals surface area contributed by atoms with Gasteiger partial charge in [0.15, 0.2) is 0 Å². The third-order valence-corrected chi connectivity index (χ3v) is 1.65. The first kappa shape index (κ1) is 14.5. The average molecular weight is 168 g/mol. The molecule has 0 radical (unpaired) electrons. The number of carboxylic acid groups (broad SMARTS) is 1. The van der Waals surface area contributed by atoms with Crippen molar-refractivity contribution in [3.63, 3.8) is 0 Å². The molecule has 2 N–H and O–H groups in total. The first-order valence-electron chi connectivity index (χ1n) is 4.06. The Labute approximate surface area is 86.8 Å². The van der Waals surface area contributed by atoms with Crippen molar-refractivity contribution >= 4 is 5.97 Å². The molecule has 68 valence electrons. The van der Waals surface area contributed by atoms with Crippen molar-refractivity contribution in [2.24, 2.45) is 0 Å². The molecule has 4 heteroatoms. The van der Waals surface area contributed by atoms with Crippen molar-refractivity contribution < 1.29 is 35.3 Å². The number of hydrogen-bond acceptors (Lipinski definition) is 2. The van der Waals surface area contributed by atoms with E-state index >= 15 is 0 Å². The second-order valence-electron chi connectivity index (χ2n) is 2.70. The molecule has 0 heterocycles. The minimum Gasteiger partial charge on any atom is -1.00 e. The molecule has 1 atom stereocenters. The number of aliphatic carboxylic acids is 1. The third kappa shape index (κ3) is 10.0. The number of aliphatic hydroxyl groups excluding tert-OH is 1. The van der Waals surface area contributed by atoms with Crippen molar-refractivity contribution in [1.29, 1.82) is 0 Å². The van der Waals surface area contributed by atoms with Gasteiger partial charge in [-0.3, -0.25) is 4.79 Å². The van der Waals surface area contributed by atoms with Crippen LogP contribution in [0.15, 0.2) is 0 Å². The number of carboxylic acids is 1. The topological polar surface area (TPSA) is 57.5 Å². The standard InChI is InChI=1S/C8H16O3.Li.H/c1-2-7(9)5-3-4-6-8(10)11;;/h7,9H,2-6H2,1H3,(H,10,11);;/q;+1;-1. The summed E-state index contributed by atoms with van der Waals surface area (Å²) in [5.41, 5.74) is 0. The van der Waals surface area contributed by atoms with Crippen LogP contribution in [-0.2, 0) is 4.79 Å². The predicted octanol–water partition coefficient (Wildman–Crippen LogP) is -1.48. The normalized spacial score (nSPS) is 11.8. The zero-order chi connectivity index (χ0) is 8.69. The van der Waals surface area contributed by atoms with E-state index in [1.54, 1.807) is 0 Å². The number of aliphatic hydroxyl groups is 1. The Morgan fingerprint density at radius 2 is 2.08 bits per heavy atom. The predicted molar refractivity (Wildman–Crippen MR) is 43.5 cm³/mol. The number of hydrogen-bond donors (Lipinski definition) is 2. The molecule has 0 aliphatic rings. The third-order valence-electron chi connectivity index (χ3n) is 1.65. The minimum absolute atomic E-state index is 0. The molecule has 0 aromatic rings. The van der Waals surface area contributed by atoms with Crippen LogP contribution in [0.2, 0.25) is 0 Å². The van der Waals surface area contributed by atoms with Crippen molar-refractivity contribution in [3.8, 4) is 0 Å². The van der Waals surface area contributed by atoms with Gasteiger partial charge in [0.05, 0.1) is 6.10 Å². The molecule has 0 bridgehead atoms. The minimum atomic E-state index is -0.754. The van der Waals surface area contributed by atoms with Gasteiger partial charge in [-0.1, -0.05) is 13.3 Å². The van der Waals surface area contributed by atoms with Crippen LogP contribution >= 0.6 is 0 Å². The van der Waals surface area contributed by atoms with Gasteiger partial charge in [-0.15, -0.1) is 0 Å². The van der Waals surface area contributed by atoms with E-state index in [2.05, 4.69) is 0 Å². The summed E-state index contributed by atoms with van der Waals surface area (Å²) in [4.78, 5) is 10.1. The van der Waals surface area contributed by atoms with Gasteiger partial charge < -0.3 is 11.6 Å². The van der Waals surface area contributed by atoms with Crippen molar-refractivity contribution in [1.82, 2.24) is 0 Å². The van der Waals surface area contributed by atoms with Gasteiger partial charge >= 0.3 is 24.8 Å². The summed E-state index contributed by atoms with van der Waals surface area (Å²) in [5, 5.41) is 17.3. The number of unbranched alkanes of at least 4 members (excludes halogenated alkanes) is 1. The van der Waals surface area contributed by atoms with Gasteiger partial charge in [0, 0.05) is 6.42 Å².